The number of halogens is 1. The Kier molecular flexibility index (Phi) is 10.9. The smallest absolute Gasteiger partial charge is 0.143 e. The lowest BCUT2D eigenvalue weighted by atomic mass is 9.72. The molecule has 5 nitrogen and oxygen atoms in total. The zero-order valence-electron chi connectivity index (χ0n) is 21.9. The van der Waals surface area contributed by atoms with Gasteiger partial charge >= 0.3 is 0 Å². The fraction of sp³-hybridized carbons (Fsp3) is 0.567. The van der Waals surface area contributed by atoms with Crippen molar-refractivity contribution in [3.05, 3.63) is 59.4 Å². The van der Waals surface area contributed by atoms with Gasteiger partial charge in [-0.1, -0.05) is 61.0 Å². The van der Waals surface area contributed by atoms with Gasteiger partial charge < -0.3 is 14.7 Å². The second kappa shape index (κ2) is 13.9. The maximum absolute atomic E-state index is 9.89. The molecule has 0 aromatic heterocycles. The van der Waals surface area contributed by atoms with Crippen molar-refractivity contribution < 1.29 is 14.7 Å². The van der Waals surface area contributed by atoms with Gasteiger partial charge in [0.2, 0.25) is 0 Å². The average Bonchev–Trinajstić information content (AvgIpc) is 3.23. The van der Waals surface area contributed by atoms with Crippen molar-refractivity contribution in [3.63, 3.8) is 0 Å². The third-order valence-corrected chi connectivity index (χ3v) is 7.52. The number of terminal acetylenes is 1. The molecule has 36 heavy (non-hydrogen) atoms. The number of aliphatic hydroxyl groups is 1. The first-order valence-electron chi connectivity index (χ1n) is 13.1. The largest absolute Gasteiger partial charge is 0.513 e. The molecular formula is C30H41ClN2O3. The lowest BCUT2D eigenvalue weighted by Crippen LogP contribution is -2.52. The van der Waals surface area contributed by atoms with Crippen molar-refractivity contribution in [1.29, 1.82) is 0 Å². The van der Waals surface area contributed by atoms with Crippen LogP contribution >= 0.6 is 11.6 Å². The highest BCUT2D eigenvalue weighted by Crippen LogP contribution is 2.41. The Bertz CT molecular complexity index is 948. The van der Waals surface area contributed by atoms with Crippen LogP contribution in [-0.2, 0) is 9.57 Å². The number of allylic oxidation sites excluding steroid dienone is 7. The van der Waals surface area contributed by atoms with Gasteiger partial charge in [-0.25, -0.2) is 0 Å². The Hall–Kier alpha value is -2.26. The van der Waals surface area contributed by atoms with Crippen molar-refractivity contribution in [2.45, 2.75) is 58.7 Å². The highest BCUT2D eigenvalue weighted by atomic mass is 35.5. The van der Waals surface area contributed by atoms with E-state index in [1.165, 1.54) is 6.42 Å². The van der Waals surface area contributed by atoms with Gasteiger partial charge in [-0.15, -0.1) is 18.9 Å². The Morgan fingerprint density at radius 1 is 1.42 bits per heavy atom. The molecule has 2 heterocycles. The molecule has 6 heteroatoms. The van der Waals surface area contributed by atoms with Crippen LogP contribution in [0.2, 0.25) is 0 Å². The zero-order valence-corrected chi connectivity index (χ0v) is 22.7. The molecule has 2 unspecified atom stereocenters. The number of rotatable bonds is 13. The summed E-state index contributed by atoms with van der Waals surface area (Å²) in [5.74, 6) is 2.94. The van der Waals surface area contributed by atoms with E-state index in [1.807, 2.05) is 18.2 Å². The van der Waals surface area contributed by atoms with Crippen LogP contribution in [0.4, 0.5) is 0 Å². The third kappa shape index (κ3) is 7.16. The minimum Gasteiger partial charge on any atom is -0.513 e. The molecule has 0 bridgehead atoms. The number of oxime groups is 1. The minimum absolute atomic E-state index is 0.00406. The molecule has 2 aliphatic heterocycles. The van der Waals surface area contributed by atoms with Crippen LogP contribution < -0.4 is 0 Å². The number of nitrogens with zero attached hydrogens (tertiary/aromatic N) is 2. The van der Waals surface area contributed by atoms with Crippen molar-refractivity contribution in [3.8, 4) is 12.3 Å². The number of aliphatic hydroxyl groups excluding tert-OH is 1. The van der Waals surface area contributed by atoms with E-state index >= 15 is 0 Å². The Morgan fingerprint density at radius 2 is 2.17 bits per heavy atom. The number of hydrogen-bond acceptors (Lipinski definition) is 5. The molecule has 0 aromatic carbocycles. The summed E-state index contributed by atoms with van der Waals surface area (Å²) in [6, 6.07) is 0. The Morgan fingerprint density at radius 3 is 2.81 bits per heavy atom. The molecular weight excluding hydrogens is 472 g/mol. The first-order valence-corrected chi connectivity index (χ1v) is 13.5. The summed E-state index contributed by atoms with van der Waals surface area (Å²) in [4.78, 5) is 8.52. The standard InChI is InChI=1S/C30H41ClN2O3/c1-6-12-23(13-11-17-35-24-19-33(20-24)16-7-2)28-29(26-14-9-10-15-27(26)31)32-36-30(28)25(8-3)21(4)18-22(5)34/h1,8,11,13-15,18,21,23-25,28,30,34H,3,7,9-10,12,16-17,19-20H2,2,4-5H3/b13-11-,22-18+/t21?,23-,25+,28-,30?/m1/s1. The quantitative estimate of drug-likeness (QED) is 0.176. The van der Waals surface area contributed by atoms with E-state index in [0.29, 0.717) is 24.2 Å². The first kappa shape index (κ1) is 28.3. The van der Waals surface area contributed by atoms with Crippen LogP contribution in [0, 0.1) is 36.0 Å². The topological polar surface area (TPSA) is 54.3 Å². The van der Waals surface area contributed by atoms with E-state index in [4.69, 9.17) is 27.6 Å². The number of hydrogen-bond donors (Lipinski definition) is 1. The van der Waals surface area contributed by atoms with E-state index < -0.39 is 0 Å². The molecule has 1 N–H and O–H groups in total. The minimum atomic E-state index is -0.284. The van der Waals surface area contributed by atoms with Gasteiger partial charge in [0.05, 0.1) is 30.1 Å². The average molecular weight is 513 g/mol. The molecule has 1 saturated heterocycles. The summed E-state index contributed by atoms with van der Waals surface area (Å²) in [5.41, 5.74) is 1.77. The van der Waals surface area contributed by atoms with E-state index in [9.17, 15) is 5.11 Å². The third-order valence-electron chi connectivity index (χ3n) is 7.17. The van der Waals surface area contributed by atoms with E-state index in [2.05, 4.69) is 54.6 Å². The van der Waals surface area contributed by atoms with Crippen LogP contribution in [0.15, 0.2) is 64.6 Å². The maximum atomic E-state index is 9.89. The Labute approximate surface area is 222 Å². The highest BCUT2D eigenvalue weighted by Gasteiger charge is 2.45. The first-order chi connectivity index (χ1) is 17.4. The molecule has 0 radical (unpaired) electrons. The molecule has 1 fully saturated rings. The molecule has 1 aliphatic carbocycles. The molecule has 0 saturated carbocycles. The van der Waals surface area contributed by atoms with Crippen molar-refractivity contribution >= 4 is 17.3 Å². The van der Waals surface area contributed by atoms with Crippen LogP contribution in [-0.4, -0.2) is 54.2 Å². The van der Waals surface area contributed by atoms with Crippen LogP contribution in [0.25, 0.3) is 0 Å². The summed E-state index contributed by atoms with van der Waals surface area (Å²) in [6.45, 7) is 13.7. The van der Waals surface area contributed by atoms with Gasteiger partial charge in [-0.3, -0.25) is 4.90 Å². The molecule has 0 aromatic rings. The van der Waals surface area contributed by atoms with Crippen LogP contribution in [0.1, 0.15) is 46.5 Å². The van der Waals surface area contributed by atoms with Gasteiger partial charge in [0, 0.05) is 36.0 Å². The number of ether oxygens (including phenoxy) is 1. The molecule has 0 amide bonds. The lowest BCUT2D eigenvalue weighted by molar-refractivity contribution is -0.0435. The second-order valence-electron chi connectivity index (χ2n) is 10.0. The van der Waals surface area contributed by atoms with Gasteiger partial charge in [0.15, 0.2) is 0 Å². The summed E-state index contributed by atoms with van der Waals surface area (Å²) in [6.07, 6.45) is 21.5. The normalized spacial score (nSPS) is 25.8. The van der Waals surface area contributed by atoms with Crippen LogP contribution in [0.5, 0.6) is 0 Å². The summed E-state index contributed by atoms with van der Waals surface area (Å²) < 4.78 is 6.05. The highest BCUT2D eigenvalue weighted by molar-refractivity contribution is 6.36. The fourth-order valence-corrected chi connectivity index (χ4v) is 5.68. The van der Waals surface area contributed by atoms with Crippen molar-refractivity contribution in [2.24, 2.45) is 28.8 Å². The van der Waals surface area contributed by atoms with Gasteiger partial charge in [0.1, 0.15) is 6.10 Å². The van der Waals surface area contributed by atoms with Crippen molar-refractivity contribution in [1.82, 2.24) is 4.90 Å². The lowest BCUT2D eigenvalue weighted by Gasteiger charge is -2.38. The van der Waals surface area contributed by atoms with Gasteiger partial charge in [-0.05, 0) is 50.6 Å². The Balaban J connectivity index is 1.81. The summed E-state index contributed by atoms with van der Waals surface area (Å²) in [7, 11) is 0. The van der Waals surface area contributed by atoms with Gasteiger partial charge in [0.25, 0.3) is 0 Å². The van der Waals surface area contributed by atoms with Gasteiger partial charge in [-0.2, -0.15) is 0 Å². The molecule has 0 spiro atoms. The zero-order chi connectivity index (χ0) is 26.1. The monoisotopic (exact) mass is 512 g/mol. The van der Waals surface area contributed by atoms with Crippen molar-refractivity contribution in [2.75, 3.05) is 26.2 Å². The summed E-state index contributed by atoms with van der Waals surface area (Å²) >= 11 is 6.63. The second-order valence-corrected chi connectivity index (χ2v) is 10.4. The van der Waals surface area contributed by atoms with E-state index in [0.717, 1.165) is 43.8 Å². The summed E-state index contributed by atoms with van der Waals surface area (Å²) in [5, 5.41) is 15.2. The SMILES string of the molecule is C#CC[C@H](/C=C\COC1CN(CCC)C1)[C@@H]1C(C2=CCCC=C2Cl)=NOC1[C@@H](C=C)C(C)/C=C(\C)O. The molecule has 3 rings (SSSR count). The molecule has 3 aliphatic rings. The molecule has 196 valence electrons. The van der Waals surface area contributed by atoms with E-state index in [1.54, 1.807) is 6.92 Å². The molecule has 5 atom stereocenters. The number of likely N-dealkylation sites (tertiary alicyclic amines) is 1. The predicted molar refractivity (Wildman–Crippen MR) is 149 cm³/mol. The fourth-order valence-electron chi connectivity index (χ4n) is 5.40. The van der Waals surface area contributed by atoms with E-state index in [-0.39, 0.29) is 35.5 Å². The predicted octanol–water partition coefficient (Wildman–Crippen LogP) is 6.41. The maximum Gasteiger partial charge on any atom is 0.143 e. The van der Waals surface area contributed by atoms with Crippen LogP contribution in [0.3, 0.4) is 0 Å².